The van der Waals surface area contributed by atoms with E-state index in [0.29, 0.717) is 31.6 Å². The number of aromatic nitrogens is 1. The van der Waals surface area contributed by atoms with Gasteiger partial charge >= 0.3 is 6.09 Å². The van der Waals surface area contributed by atoms with Crippen molar-refractivity contribution in [2.24, 2.45) is 10.9 Å². The first kappa shape index (κ1) is 24.4. The van der Waals surface area contributed by atoms with Gasteiger partial charge in [-0.25, -0.2) is 9.79 Å². The second kappa shape index (κ2) is 14.6. The van der Waals surface area contributed by atoms with Gasteiger partial charge in [-0.2, -0.15) is 0 Å². The molecule has 0 radical (unpaired) electrons. The molecule has 0 aliphatic carbocycles. The second-order valence-electron chi connectivity index (χ2n) is 6.09. The largest absolute Gasteiger partial charge is 0.450 e. The lowest BCUT2D eigenvalue weighted by Gasteiger charge is -2.22. The Morgan fingerprint density at radius 3 is 2.62 bits per heavy atom. The molecule has 1 atom stereocenters. The van der Waals surface area contributed by atoms with E-state index in [0.717, 1.165) is 18.7 Å². The fraction of sp³-hybridized carbons (Fsp3) is 0.611. The van der Waals surface area contributed by atoms with E-state index in [1.807, 2.05) is 25.1 Å². The van der Waals surface area contributed by atoms with Crippen LogP contribution >= 0.6 is 24.0 Å². The lowest BCUT2D eigenvalue weighted by atomic mass is 10.0. The number of ether oxygens (including phenoxy) is 1. The van der Waals surface area contributed by atoms with Gasteiger partial charge in [0.15, 0.2) is 5.96 Å². The van der Waals surface area contributed by atoms with E-state index in [1.165, 1.54) is 0 Å². The molecule has 0 aromatic carbocycles. The Balaban J connectivity index is 0.00000625. The van der Waals surface area contributed by atoms with Crippen molar-refractivity contribution in [2.45, 2.75) is 46.7 Å². The van der Waals surface area contributed by atoms with E-state index in [1.54, 1.807) is 13.1 Å². The Morgan fingerprint density at radius 2 is 2.04 bits per heavy atom. The number of alkyl carbamates (subject to hydrolysis) is 1. The van der Waals surface area contributed by atoms with E-state index in [-0.39, 0.29) is 36.1 Å². The van der Waals surface area contributed by atoms with Crippen LogP contribution in [0.3, 0.4) is 0 Å². The average Bonchev–Trinajstić information content (AvgIpc) is 2.57. The number of aliphatic imine (C=N–C) groups is 1. The monoisotopic (exact) mass is 477 g/mol. The number of halogens is 1. The maximum Gasteiger partial charge on any atom is 0.407 e. The number of nitrogens with one attached hydrogen (secondary N) is 3. The predicted octanol–water partition coefficient (Wildman–Crippen LogP) is 2.92. The van der Waals surface area contributed by atoms with Crippen LogP contribution in [0.1, 0.15) is 39.8 Å². The van der Waals surface area contributed by atoms with Crippen LogP contribution in [-0.4, -0.2) is 42.8 Å². The molecule has 0 saturated heterocycles. The molecule has 1 aromatic rings. The molecule has 0 bridgehead atoms. The minimum Gasteiger partial charge on any atom is -0.450 e. The van der Waals surface area contributed by atoms with Crippen LogP contribution in [0.5, 0.6) is 0 Å². The number of hydrogen-bond donors (Lipinski definition) is 3. The van der Waals surface area contributed by atoms with Gasteiger partial charge in [0.05, 0.1) is 18.8 Å². The minimum atomic E-state index is -0.384. The van der Waals surface area contributed by atoms with Gasteiger partial charge < -0.3 is 20.7 Å². The van der Waals surface area contributed by atoms with Gasteiger partial charge in [-0.05, 0) is 38.3 Å². The molecule has 0 fully saturated rings. The highest BCUT2D eigenvalue weighted by Gasteiger charge is 2.15. The van der Waals surface area contributed by atoms with Crippen molar-refractivity contribution in [3.63, 3.8) is 0 Å². The smallest absolute Gasteiger partial charge is 0.407 e. The Kier molecular flexibility index (Phi) is 13.7. The van der Waals surface area contributed by atoms with Crippen LogP contribution in [0.4, 0.5) is 4.79 Å². The van der Waals surface area contributed by atoms with Crippen LogP contribution in [0.15, 0.2) is 29.4 Å². The van der Waals surface area contributed by atoms with Crippen LogP contribution < -0.4 is 16.0 Å². The van der Waals surface area contributed by atoms with Gasteiger partial charge in [0.2, 0.25) is 0 Å². The molecule has 1 unspecified atom stereocenters. The summed E-state index contributed by atoms with van der Waals surface area (Å²) in [5.74, 6) is 1.16. The van der Waals surface area contributed by atoms with Crippen molar-refractivity contribution in [3.8, 4) is 0 Å². The quantitative estimate of drug-likeness (QED) is 0.289. The van der Waals surface area contributed by atoms with Crippen molar-refractivity contribution >= 4 is 36.0 Å². The third-order valence-electron chi connectivity index (χ3n) is 3.34. The summed E-state index contributed by atoms with van der Waals surface area (Å²) in [6.45, 7) is 10.3. The summed E-state index contributed by atoms with van der Waals surface area (Å²) in [6.07, 6.45) is 2.23. The molecule has 0 saturated carbocycles. The average molecular weight is 477 g/mol. The first-order valence-electron chi connectivity index (χ1n) is 8.90. The minimum absolute atomic E-state index is 0. The van der Waals surface area contributed by atoms with Crippen LogP contribution in [0, 0.1) is 5.92 Å². The molecule has 148 valence electrons. The molecular weight excluding hydrogens is 445 g/mol. The third kappa shape index (κ3) is 11.1. The Bertz CT molecular complexity index is 526. The topological polar surface area (TPSA) is 87.6 Å². The van der Waals surface area contributed by atoms with E-state index in [2.05, 4.69) is 39.8 Å². The van der Waals surface area contributed by atoms with E-state index in [9.17, 15) is 4.79 Å². The summed E-state index contributed by atoms with van der Waals surface area (Å²) in [5.41, 5.74) is 0.906. The Morgan fingerprint density at radius 1 is 1.27 bits per heavy atom. The van der Waals surface area contributed by atoms with Gasteiger partial charge in [-0.1, -0.05) is 19.9 Å². The van der Waals surface area contributed by atoms with Gasteiger partial charge in [0.25, 0.3) is 0 Å². The SMILES string of the molecule is CCNC(=NCc1ccccn1)NCC(CC(C)C)NC(=O)OCC.I. The first-order chi connectivity index (χ1) is 12.0. The number of nitrogens with zero attached hydrogens (tertiary/aromatic N) is 2. The van der Waals surface area contributed by atoms with Gasteiger partial charge in [-0.15, -0.1) is 24.0 Å². The van der Waals surface area contributed by atoms with Crippen LogP contribution in [0.25, 0.3) is 0 Å². The number of pyridine rings is 1. The van der Waals surface area contributed by atoms with Crippen molar-refractivity contribution in [3.05, 3.63) is 30.1 Å². The molecule has 1 heterocycles. The first-order valence-corrected chi connectivity index (χ1v) is 8.90. The summed E-state index contributed by atoms with van der Waals surface area (Å²) in [7, 11) is 0. The standard InChI is InChI=1S/C18H31N5O2.HI/c1-5-19-17(21-12-15-9-7-8-10-20-15)22-13-16(11-14(3)4)23-18(24)25-6-2;/h7-10,14,16H,5-6,11-13H2,1-4H3,(H,23,24)(H2,19,21,22);1H. The molecule has 7 nitrogen and oxygen atoms in total. The zero-order chi connectivity index (χ0) is 18.5. The molecule has 0 aliphatic heterocycles. The lowest BCUT2D eigenvalue weighted by Crippen LogP contribution is -2.47. The third-order valence-corrected chi connectivity index (χ3v) is 3.34. The molecule has 0 spiro atoms. The second-order valence-corrected chi connectivity index (χ2v) is 6.09. The summed E-state index contributed by atoms with van der Waals surface area (Å²) >= 11 is 0. The molecule has 8 heteroatoms. The summed E-state index contributed by atoms with van der Waals surface area (Å²) in [6, 6.07) is 5.74. The molecular formula is C18H32IN5O2. The zero-order valence-corrected chi connectivity index (χ0v) is 18.4. The Labute approximate surface area is 173 Å². The molecule has 1 aromatic heterocycles. The summed E-state index contributed by atoms with van der Waals surface area (Å²) < 4.78 is 4.98. The fourth-order valence-electron chi connectivity index (χ4n) is 2.32. The van der Waals surface area contributed by atoms with Gasteiger partial charge in [-0.3, -0.25) is 4.98 Å². The zero-order valence-electron chi connectivity index (χ0n) is 16.1. The highest BCUT2D eigenvalue weighted by Crippen LogP contribution is 2.04. The molecule has 26 heavy (non-hydrogen) atoms. The number of carbonyl (C=O) groups excluding carboxylic acids is 1. The highest BCUT2D eigenvalue weighted by atomic mass is 127. The van der Waals surface area contributed by atoms with Gasteiger partial charge in [0.1, 0.15) is 0 Å². The maximum atomic E-state index is 11.7. The van der Waals surface area contributed by atoms with E-state index in [4.69, 9.17) is 4.74 Å². The fourth-order valence-corrected chi connectivity index (χ4v) is 2.32. The lowest BCUT2D eigenvalue weighted by molar-refractivity contribution is 0.146. The van der Waals surface area contributed by atoms with Crippen molar-refractivity contribution < 1.29 is 9.53 Å². The molecule has 0 aliphatic rings. The highest BCUT2D eigenvalue weighted by molar-refractivity contribution is 14.0. The van der Waals surface area contributed by atoms with Crippen LogP contribution in [-0.2, 0) is 11.3 Å². The predicted molar refractivity (Wildman–Crippen MR) is 116 cm³/mol. The summed E-state index contributed by atoms with van der Waals surface area (Å²) in [4.78, 5) is 20.5. The normalized spacial score (nSPS) is 12.1. The molecule has 1 amide bonds. The number of hydrogen-bond acceptors (Lipinski definition) is 4. The number of carbonyl (C=O) groups is 1. The number of amides is 1. The van der Waals surface area contributed by atoms with E-state index >= 15 is 0 Å². The van der Waals surface area contributed by atoms with E-state index < -0.39 is 0 Å². The van der Waals surface area contributed by atoms with Crippen molar-refractivity contribution in [2.75, 3.05) is 19.7 Å². The van der Waals surface area contributed by atoms with Crippen molar-refractivity contribution in [1.82, 2.24) is 20.9 Å². The number of rotatable bonds is 9. The number of guanidine groups is 1. The van der Waals surface area contributed by atoms with Crippen LogP contribution in [0.2, 0.25) is 0 Å². The molecule has 3 N–H and O–H groups in total. The summed E-state index contributed by atoms with van der Waals surface area (Å²) in [5, 5.41) is 9.39. The Hall–Kier alpha value is -1.58. The maximum absolute atomic E-state index is 11.7. The van der Waals surface area contributed by atoms with Crippen molar-refractivity contribution in [1.29, 1.82) is 0 Å². The van der Waals surface area contributed by atoms with Gasteiger partial charge in [0, 0.05) is 25.3 Å². The molecule has 1 rings (SSSR count).